The zero-order valence-electron chi connectivity index (χ0n) is 15.8. The highest BCUT2D eigenvalue weighted by molar-refractivity contribution is 8.05. The molecule has 29 heavy (non-hydrogen) atoms. The maximum absolute atomic E-state index is 15.0. The summed E-state index contributed by atoms with van der Waals surface area (Å²) in [5.41, 5.74) is 2.53. The van der Waals surface area contributed by atoms with Gasteiger partial charge in [-0.25, -0.2) is 9.07 Å². The molecule has 1 N–H and O–H groups in total. The monoisotopic (exact) mass is 407 g/mol. The number of hydrogen-bond donors (Lipinski definition) is 1. The fourth-order valence-corrected chi connectivity index (χ4v) is 4.83. The average Bonchev–Trinajstić information content (AvgIpc) is 3.45. The van der Waals surface area contributed by atoms with Crippen LogP contribution in [-0.4, -0.2) is 52.9 Å². The lowest BCUT2D eigenvalue weighted by molar-refractivity contribution is 0.312. The van der Waals surface area contributed by atoms with Crippen molar-refractivity contribution in [3.63, 3.8) is 0 Å². The molecule has 1 saturated heterocycles. The van der Waals surface area contributed by atoms with E-state index in [1.54, 1.807) is 24.0 Å². The first-order valence-electron chi connectivity index (χ1n) is 9.58. The van der Waals surface area contributed by atoms with Crippen molar-refractivity contribution in [3.8, 4) is 5.69 Å². The highest BCUT2D eigenvalue weighted by Crippen LogP contribution is 2.51. The Morgan fingerprint density at radius 1 is 1.10 bits per heavy atom. The number of hydrogen-bond acceptors (Lipinski definition) is 5. The molecule has 1 fully saturated rings. The van der Waals surface area contributed by atoms with Gasteiger partial charge in [0, 0.05) is 42.7 Å². The number of anilines is 1. The van der Waals surface area contributed by atoms with Gasteiger partial charge in [-0.2, -0.15) is 0 Å². The van der Waals surface area contributed by atoms with E-state index in [4.69, 9.17) is 0 Å². The van der Waals surface area contributed by atoms with Gasteiger partial charge in [0.25, 0.3) is 5.56 Å². The molecular weight excluding hydrogens is 389 g/mol. The first-order chi connectivity index (χ1) is 14.1. The van der Waals surface area contributed by atoms with Crippen LogP contribution < -0.4 is 10.5 Å². The van der Waals surface area contributed by atoms with E-state index in [1.165, 1.54) is 15.6 Å². The second kappa shape index (κ2) is 6.08. The van der Waals surface area contributed by atoms with Crippen LogP contribution in [0.4, 0.5) is 10.1 Å². The number of aromatic nitrogens is 3. The number of likely N-dealkylation sites (N-methyl/N-ethyl adjacent to an activating group) is 1. The average molecular weight is 407 g/mol. The Kier molecular flexibility index (Phi) is 3.57. The van der Waals surface area contributed by atoms with E-state index in [9.17, 15) is 4.79 Å². The van der Waals surface area contributed by atoms with Gasteiger partial charge in [-0.05, 0) is 31.3 Å². The summed E-state index contributed by atoms with van der Waals surface area (Å²) in [5, 5.41) is 4.28. The molecule has 6 nitrogen and oxygen atoms in total. The molecule has 0 spiro atoms. The maximum atomic E-state index is 15.0. The molecule has 2 aliphatic heterocycles. The highest BCUT2D eigenvalue weighted by atomic mass is 32.2. The molecule has 0 atom stereocenters. The topological polar surface area (TPSA) is 57.2 Å². The molecule has 0 radical (unpaired) electrons. The standard InChI is InChI=1S/C21H18FN5OS/c1-25-5-7-26(8-6-25)17-10-15-12(9-14(17)22)19-13(11-23-15)21(28)27(24-19)16-3-2-4-18-20(16)29-18/h2-4,9-11,24H,5-8H2,1H3. The molecule has 4 aromatic rings. The lowest BCUT2D eigenvalue weighted by atomic mass is 10.1. The zero-order valence-corrected chi connectivity index (χ0v) is 16.6. The third-order valence-corrected chi connectivity index (χ3v) is 6.80. The van der Waals surface area contributed by atoms with Gasteiger partial charge in [-0.1, -0.05) is 17.8 Å². The first kappa shape index (κ1) is 17.1. The summed E-state index contributed by atoms with van der Waals surface area (Å²) in [6, 6.07) is 9.18. The van der Waals surface area contributed by atoms with Crippen LogP contribution in [0.15, 0.2) is 51.1 Å². The largest absolute Gasteiger partial charge is 0.367 e. The summed E-state index contributed by atoms with van der Waals surface area (Å²) in [4.78, 5) is 24.0. The van der Waals surface area contributed by atoms with Gasteiger partial charge in [0.05, 0.1) is 32.7 Å². The smallest absolute Gasteiger partial charge is 0.280 e. The highest BCUT2D eigenvalue weighted by Gasteiger charge is 2.25. The fraction of sp³-hybridized carbons (Fsp3) is 0.238. The summed E-state index contributed by atoms with van der Waals surface area (Å²) in [7, 11) is 2.07. The predicted octanol–water partition coefficient (Wildman–Crippen LogP) is 3.22. The number of fused-ring (bicyclic) bond motifs is 4. The number of H-pyrrole nitrogens is 1. The Morgan fingerprint density at radius 3 is 2.76 bits per heavy atom. The summed E-state index contributed by atoms with van der Waals surface area (Å²) < 4.78 is 16.6. The number of pyridine rings is 1. The van der Waals surface area contributed by atoms with Crippen molar-refractivity contribution in [1.29, 1.82) is 0 Å². The van der Waals surface area contributed by atoms with Crippen LogP contribution in [-0.2, 0) is 0 Å². The second-order valence-corrected chi connectivity index (χ2v) is 8.67. The molecule has 0 aliphatic carbocycles. The zero-order chi connectivity index (χ0) is 19.7. The van der Waals surface area contributed by atoms with Crippen molar-refractivity contribution < 1.29 is 4.39 Å². The molecule has 0 amide bonds. The van der Waals surface area contributed by atoms with Crippen LogP contribution in [0.2, 0.25) is 0 Å². The van der Waals surface area contributed by atoms with E-state index < -0.39 is 0 Å². The summed E-state index contributed by atoms with van der Waals surface area (Å²) >= 11 is 1.66. The Hall–Kier alpha value is -2.84. The Labute approximate surface area is 169 Å². The number of rotatable bonds is 2. The van der Waals surface area contributed by atoms with Gasteiger partial charge in [0.1, 0.15) is 5.82 Å². The minimum absolute atomic E-state index is 0.168. The van der Waals surface area contributed by atoms with Crippen molar-refractivity contribution >= 4 is 39.3 Å². The van der Waals surface area contributed by atoms with Crippen LogP contribution in [0.5, 0.6) is 0 Å². The van der Waals surface area contributed by atoms with E-state index >= 15 is 4.39 Å². The number of benzene rings is 2. The Bertz CT molecular complexity index is 1350. The molecule has 0 saturated carbocycles. The van der Waals surface area contributed by atoms with E-state index in [1.807, 2.05) is 18.2 Å². The van der Waals surface area contributed by atoms with Crippen molar-refractivity contribution in [1.82, 2.24) is 19.7 Å². The van der Waals surface area contributed by atoms with Gasteiger partial charge < -0.3 is 9.80 Å². The van der Waals surface area contributed by atoms with Crippen molar-refractivity contribution in [2.24, 2.45) is 0 Å². The minimum atomic E-state index is -0.285. The Morgan fingerprint density at radius 2 is 1.93 bits per heavy atom. The number of piperazine rings is 1. The normalized spacial score (nSPS) is 16.6. The lowest BCUT2D eigenvalue weighted by Gasteiger charge is -2.34. The molecular formula is C21H18FN5OS. The number of aromatic amines is 1. The van der Waals surface area contributed by atoms with Crippen LogP contribution in [0.3, 0.4) is 0 Å². The fourth-order valence-electron chi connectivity index (χ4n) is 4.08. The van der Waals surface area contributed by atoms with Crippen LogP contribution in [0.25, 0.3) is 27.5 Å². The van der Waals surface area contributed by atoms with Gasteiger partial charge >= 0.3 is 0 Å². The maximum Gasteiger partial charge on any atom is 0.280 e. The van der Waals surface area contributed by atoms with Crippen LogP contribution >= 0.6 is 11.8 Å². The second-order valence-electron chi connectivity index (χ2n) is 7.62. The molecule has 2 aromatic carbocycles. The predicted molar refractivity (Wildman–Crippen MR) is 113 cm³/mol. The van der Waals surface area contributed by atoms with Crippen molar-refractivity contribution in [2.45, 2.75) is 9.79 Å². The molecule has 2 aliphatic rings. The summed E-state index contributed by atoms with van der Waals surface area (Å²) in [6.45, 7) is 3.37. The molecule has 4 heterocycles. The number of nitrogens with zero attached hydrogens (tertiary/aromatic N) is 4. The van der Waals surface area contributed by atoms with E-state index in [2.05, 4.69) is 26.9 Å². The van der Waals surface area contributed by atoms with Crippen LogP contribution in [0, 0.1) is 5.82 Å². The van der Waals surface area contributed by atoms with Gasteiger partial charge in [-0.3, -0.25) is 14.9 Å². The van der Waals surface area contributed by atoms with E-state index in [0.717, 1.165) is 36.8 Å². The van der Waals surface area contributed by atoms with Gasteiger partial charge in [0.15, 0.2) is 0 Å². The SMILES string of the molecule is CN1CCN(c2cc3ncc4c(=O)n(-c5cccc6c5S6)[nH]c4c3cc2F)CC1. The number of halogens is 1. The van der Waals surface area contributed by atoms with Crippen molar-refractivity contribution in [2.75, 3.05) is 38.1 Å². The van der Waals surface area contributed by atoms with Gasteiger partial charge in [0.2, 0.25) is 0 Å². The molecule has 2 aromatic heterocycles. The quantitative estimate of drug-likeness (QED) is 0.456. The van der Waals surface area contributed by atoms with E-state index in [0.29, 0.717) is 27.5 Å². The molecule has 6 rings (SSSR count). The third kappa shape index (κ3) is 2.59. The first-order valence-corrected chi connectivity index (χ1v) is 10.4. The summed E-state index contributed by atoms with van der Waals surface area (Å²) in [6.07, 6.45) is 1.59. The summed E-state index contributed by atoms with van der Waals surface area (Å²) in [5.74, 6) is -0.285. The molecule has 0 bridgehead atoms. The minimum Gasteiger partial charge on any atom is -0.367 e. The molecule has 146 valence electrons. The third-order valence-electron chi connectivity index (χ3n) is 5.81. The number of nitrogens with one attached hydrogen (secondary N) is 1. The molecule has 8 heteroatoms. The van der Waals surface area contributed by atoms with E-state index in [-0.39, 0.29) is 11.4 Å². The Balaban J connectivity index is 1.51. The lowest BCUT2D eigenvalue weighted by Crippen LogP contribution is -2.44. The van der Waals surface area contributed by atoms with Crippen LogP contribution in [0.1, 0.15) is 0 Å². The molecule has 0 unspecified atom stereocenters. The van der Waals surface area contributed by atoms with Gasteiger partial charge in [-0.15, -0.1) is 0 Å². The van der Waals surface area contributed by atoms with Crippen molar-refractivity contribution in [3.05, 3.63) is 52.7 Å².